The minimum atomic E-state index is -0.0759. The number of ether oxygens (including phenoxy) is 1. The van der Waals surface area contributed by atoms with Gasteiger partial charge in [-0.2, -0.15) is 11.8 Å². The Morgan fingerprint density at radius 1 is 1.33 bits per heavy atom. The molecule has 1 unspecified atom stereocenters. The van der Waals surface area contributed by atoms with E-state index in [0.717, 1.165) is 42.7 Å². The Bertz CT molecular complexity index is 619. The van der Waals surface area contributed by atoms with Crippen molar-refractivity contribution in [1.29, 1.82) is 0 Å². The fourth-order valence-electron chi connectivity index (χ4n) is 2.84. The minimum absolute atomic E-state index is 0.0759. The van der Waals surface area contributed by atoms with Crippen LogP contribution in [0.4, 0.5) is 0 Å². The predicted octanol–water partition coefficient (Wildman–Crippen LogP) is 2.35. The number of thioether (sulfide) groups is 1. The van der Waals surface area contributed by atoms with Crippen LogP contribution in [0.1, 0.15) is 26.3 Å². The van der Waals surface area contributed by atoms with Crippen LogP contribution in [0.3, 0.4) is 0 Å². The third-order valence-corrected chi connectivity index (χ3v) is 6.03. The average molecular weight is 393 g/mol. The fourth-order valence-corrected chi connectivity index (χ4v) is 4.14. The molecule has 0 saturated carbocycles. The molecule has 1 saturated heterocycles. The molecule has 0 aromatic heterocycles. The van der Waals surface area contributed by atoms with Crippen molar-refractivity contribution in [2.45, 2.75) is 32.6 Å². The fraction of sp³-hybridized carbons (Fsp3) is 0.600. The van der Waals surface area contributed by atoms with Crippen molar-refractivity contribution < 1.29 is 9.53 Å². The van der Waals surface area contributed by atoms with E-state index in [1.807, 2.05) is 36.0 Å². The van der Waals surface area contributed by atoms with E-state index in [9.17, 15) is 4.79 Å². The van der Waals surface area contributed by atoms with Gasteiger partial charge in [-0.05, 0) is 30.5 Å². The molecule has 1 fully saturated rings. The third kappa shape index (κ3) is 6.97. The third-order valence-electron chi connectivity index (χ3n) is 4.49. The number of hydrogen-bond donors (Lipinski definition) is 2. The molecule has 1 atom stereocenters. The molecule has 2 rings (SSSR count). The van der Waals surface area contributed by atoms with Crippen molar-refractivity contribution >= 4 is 23.6 Å². The van der Waals surface area contributed by atoms with E-state index in [0.29, 0.717) is 17.7 Å². The van der Waals surface area contributed by atoms with E-state index in [1.165, 1.54) is 0 Å². The summed E-state index contributed by atoms with van der Waals surface area (Å²) in [5.74, 6) is 3.30. The maximum absolute atomic E-state index is 12.2. The number of nitrogens with zero attached hydrogens (tertiary/aromatic N) is 2. The van der Waals surface area contributed by atoms with E-state index >= 15 is 0 Å². The second-order valence-corrected chi connectivity index (χ2v) is 8.24. The lowest BCUT2D eigenvalue weighted by Gasteiger charge is -2.36. The first kappa shape index (κ1) is 21.4. The van der Waals surface area contributed by atoms with Crippen LogP contribution in [-0.2, 0) is 11.3 Å². The number of benzene rings is 1. The summed E-state index contributed by atoms with van der Waals surface area (Å²) in [6, 6.07) is 7.68. The van der Waals surface area contributed by atoms with Gasteiger partial charge in [0.15, 0.2) is 5.96 Å². The van der Waals surface area contributed by atoms with E-state index < -0.39 is 0 Å². The van der Waals surface area contributed by atoms with Gasteiger partial charge in [-0.1, -0.05) is 26.0 Å². The highest BCUT2D eigenvalue weighted by Gasteiger charge is 2.24. The number of amides is 1. The zero-order chi connectivity index (χ0) is 19.6. The van der Waals surface area contributed by atoms with Gasteiger partial charge < -0.3 is 20.3 Å². The summed E-state index contributed by atoms with van der Waals surface area (Å²) in [6.45, 7) is 9.93. The number of carbonyl (C=O) groups is 1. The Morgan fingerprint density at radius 3 is 2.70 bits per heavy atom. The van der Waals surface area contributed by atoms with Crippen LogP contribution in [0, 0.1) is 5.92 Å². The van der Waals surface area contributed by atoms with Gasteiger partial charge >= 0.3 is 0 Å². The number of nitrogens with one attached hydrogen (secondary N) is 2. The van der Waals surface area contributed by atoms with Gasteiger partial charge in [0, 0.05) is 37.2 Å². The second kappa shape index (κ2) is 11.1. The SMILES string of the molecule is CCNC(=NCC(=O)NCc1ccc(OC)cc1)N1CCSC(C(C)C)C1. The first-order valence-corrected chi connectivity index (χ1v) is 10.6. The number of rotatable bonds is 7. The Labute approximate surface area is 167 Å². The van der Waals surface area contributed by atoms with Crippen LogP contribution < -0.4 is 15.4 Å². The minimum Gasteiger partial charge on any atom is -0.497 e. The molecule has 1 aliphatic rings. The van der Waals surface area contributed by atoms with Crippen molar-refractivity contribution in [2.75, 3.05) is 39.0 Å². The monoisotopic (exact) mass is 392 g/mol. The molecule has 0 bridgehead atoms. The van der Waals surface area contributed by atoms with E-state index in [2.05, 4.69) is 41.3 Å². The Hall–Kier alpha value is -1.89. The lowest BCUT2D eigenvalue weighted by molar-refractivity contribution is -0.119. The summed E-state index contributed by atoms with van der Waals surface area (Å²) in [5, 5.41) is 6.86. The molecule has 1 aliphatic heterocycles. The van der Waals surface area contributed by atoms with Gasteiger partial charge in [-0.15, -0.1) is 0 Å². The smallest absolute Gasteiger partial charge is 0.242 e. The molecule has 0 spiro atoms. The topological polar surface area (TPSA) is 66.0 Å². The lowest BCUT2D eigenvalue weighted by Crippen LogP contribution is -2.49. The first-order valence-electron chi connectivity index (χ1n) is 9.58. The second-order valence-electron chi connectivity index (χ2n) is 6.89. The Morgan fingerprint density at radius 2 is 2.07 bits per heavy atom. The van der Waals surface area contributed by atoms with Crippen LogP contribution >= 0.6 is 11.8 Å². The number of carbonyl (C=O) groups excluding carboxylic acids is 1. The summed E-state index contributed by atoms with van der Waals surface area (Å²) >= 11 is 2.03. The summed E-state index contributed by atoms with van der Waals surface area (Å²) in [6.07, 6.45) is 0. The summed E-state index contributed by atoms with van der Waals surface area (Å²) in [7, 11) is 1.64. The number of methoxy groups -OCH3 is 1. The molecule has 1 aromatic carbocycles. The van der Waals surface area contributed by atoms with E-state index in [-0.39, 0.29) is 12.5 Å². The molecular weight excluding hydrogens is 360 g/mol. The zero-order valence-electron chi connectivity index (χ0n) is 16.8. The predicted molar refractivity (Wildman–Crippen MR) is 113 cm³/mol. The Balaban J connectivity index is 1.88. The highest BCUT2D eigenvalue weighted by atomic mass is 32.2. The number of hydrogen-bond acceptors (Lipinski definition) is 4. The van der Waals surface area contributed by atoms with E-state index in [1.54, 1.807) is 7.11 Å². The molecule has 2 N–H and O–H groups in total. The molecule has 1 amide bonds. The average Bonchev–Trinajstić information content (AvgIpc) is 2.70. The molecule has 150 valence electrons. The maximum Gasteiger partial charge on any atom is 0.242 e. The first-order chi connectivity index (χ1) is 13.0. The molecule has 27 heavy (non-hydrogen) atoms. The molecule has 0 aliphatic carbocycles. The van der Waals surface area contributed by atoms with Crippen LogP contribution in [0.15, 0.2) is 29.3 Å². The number of guanidine groups is 1. The highest BCUT2D eigenvalue weighted by Crippen LogP contribution is 2.24. The van der Waals surface area contributed by atoms with Crippen molar-refractivity contribution in [2.24, 2.45) is 10.9 Å². The summed E-state index contributed by atoms with van der Waals surface area (Å²) in [5.41, 5.74) is 1.04. The molecule has 1 aromatic rings. The van der Waals surface area contributed by atoms with Gasteiger partial charge in [0.25, 0.3) is 0 Å². The lowest BCUT2D eigenvalue weighted by atomic mass is 10.1. The molecule has 1 heterocycles. The molecular formula is C20H32N4O2S. The van der Waals surface area contributed by atoms with Gasteiger partial charge in [0.1, 0.15) is 12.3 Å². The maximum atomic E-state index is 12.2. The van der Waals surface area contributed by atoms with Gasteiger partial charge in [-0.25, -0.2) is 4.99 Å². The number of aliphatic imine (C=N–C) groups is 1. The van der Waals surface area contributed by atoms with Crippen molar-refractivity contribution in [3.8, 4) is 5.75 Å². The largest absolute Gasteiger partial charge is 0.497 e. The quantitative estimate of drug-likeness (QED) is 0.551. The summed E-state index contributed by atoms with van der Waals surface area (Å²) < 4.78 is 5.14. The normalized spacial score (nSPS) is 17.7. The highest BCUT2D eigenvalue weighted by molar-refractivity contribution is 8.00. The van der Waals surface area contributed by atoms with Crippen molar-refractivity contribution in [3.05, 3.63) is 29.8 Å². The van der Waals surface area contributed by atoms with Gasteiger partial charge in [-0.3, -0.25) is 4.79 Å². The Kier molecular flexibility index (Phi) is 8.78. The molecule has 6 nitrogen and oxygen atoms in total. The van der Waals surface area contributed by atoms with Crippen LogP contribution in [0.25, 0.3) is 0 Å². The van der Waals surface area contributed by atoms with Crippen LogP contribution in [0.5, 0.6) is 5.75 Å². The standard InChI is InChI=1S/C20H32N4O2S/c1-5-21-20(24-10-11-27-18(14-24)15(2)3)23-13-19(25)22-12-16-6-8-17(26-4)9-7-16/h6-9,15,18H,5,10-14H2,1-4H3,(H,21,23)(H,22,25). The molecule has 7 heteroatoms. The summed E-state index contributed by atoms with van der Waals surface area (Å²) in [4.78, 5) is 19.1. The van der Waals surface area contributed by atoms with Crippen LogP contribution in [0.2, 0.25) is 0 Å². The van der Waals surface area contributed by atoms with Crippen molar-refractivity contribution in [3.63, 3.8) is 0 Å². The zero-order valence-corrected chi connectivity index (χ0v) is 17.6. The van der Waals surface area contributed by atoms with E-state index in [4.69, 9.17) is 4.74 Å². The van der Waals surface area contributed by atoms with Gasteiger partial charge in [0.05, 0.1) is 7.11 Å². The molecule has 0 radical (unpaired) electrons. The van der Waals surface area contributed by atoms with Crippen LogP contribution in [-0.4, -0.2) is 61.1 Å². The van der Waals surface area contributed by atoms with Crippen molar-refractivity contribution in [1.82, 2.24) is 15.5 Å². The van der Waals surface area contributed by atoms with Gasteiger partial charge in [0.2, 0.25) is 5.91 Å².